The van der Waals surface area contributed by atoms with Gasteiger partial charge >= 0.3 is 0 Å². The van der Waals surface area contributed by atoms with E-state index in [0.29, 0.717) is 6.42 Å². The first-order chi connectivity index (χ1) is 51.3. The van der Waals surface area contributed by atoms with Gasteiger partial charge in [-0.15, -0.1) is 0 Å². The smallest absolute Gasteiger partial charge is 0.220 e. The van der Waals surface area contributed by atoms with Crippen molar-refractivity contribution in [1.29, 1.82) is 0 Å². The molecule has 3 aliphatic heterocycles. The fourth-order valence-electron chi connectivity index (χ4n) is 13.4. The molecule has 19 heteroatoms. The molecule has 0 radical (unpaired) electrons. The number of carbonyl (C=O) groups is 1. The summed E-state index contributed by atoms with van der Waals surface area (Å²) < 4.78 is 34.4. The van der Waals surface area contributed by atoms with E-state index in [0.717, 1.165) is 89.9 Å². The minimum atomic E-state index is -1.99. The molecule has 0 aromatic carbocycles. The number of allylic oxidation sites excluding steroid dienone is 17. The van der Waals surface area contributed by atoms with Gasteiger partial charge in [-0.05, 0) is 83.5 Å². The summed E-state index contributed by atoms with van der Waals surface area (Å²) in [6.45, 7) is 1.61. The lowest BCUT2D eigenvalue weighted by atomic mass is 9.96. The Balaban J connectivity index is 1.38. The number of carbonyl (C=O) groups excluding carboxylic acids is 1. The van der Waals surface area contributed by atoms with Gasteiger partial charge in [0, 0.05) is 6.42 Å². The molecule has 3 saturated heterocycles. The van der Waals surface area contributed by atoms with Gasteiger partial charge < -0.3 is 89.9 Å². The van der Waals surface area contributed by atoms with Gasteiger partial charge in [-0.25, -0.2) is 0 Å². The number of unbranched alkanes of at least 4 members (excludes halogenated alkanes) is 33. The normalized spacial score (nSPS) is 26.4. The number of aliphatic hydroxyl groups excluding tert-OH is 11. The second-order valence-electron chi connectivity index (χ2n) is 29.2. The molecule has 0 spiro atoms. The van der Waals surface area contributed by atoms with Gasteiger partial charge in [0.1, 0.15) is 73.2 Å². The Hall–Kier alpha value is -3.55. The molecule has 12 N–H and O–H groups in total. The van der Waals surface area contributed by atoms with Crippen LogP contribution in [0.2, 0.25) is 0 Å². The van der Waals surface area contributed by atoms with E-state index < -0.39 is 124 Å². The zero-order valence-corrected chi connectivity index (χ0v) is 64.9. The fraction of sp³-hybridized carbons (Fsp3) is 0.779. The number of hydrogen-bond acceptors (Lipinski definition) is 18. The van der Waals surface area contributed by atoms with Crippen molar-refractivity contribution < 1.29 is 89.4 Å². The van der Waals surface area contributed by atoms with Gasteiger partial charge in [0.05, 0.1) is 38.6 Å². The van der Waals surface area contributed by atoms with Crippen molar-refractivity contribution in [2.45, 2.75) is 401 Å². The lowest BCUT2D eigenvalue weighted by Gasteiger charge is -2.48. The molecule has 1 amide bonds. The van der Waals surface area contributed by atoms with E-state index in [4.69, 9.17) is 28.4 Å². The summed E-state index contributed by atoms with van der Waals surface area (Å²) in [7, 11) is 0. The molecule has 0 aliphatic carbocycles. The quantitative estimate of drug-likeness (QED) is 0.0199. The van der Waals surface area contributed by atoms with Crippen molar-refractivity contribution in [3.05, 3.63) is 109 Å². The van der Waals surface area contributed by atoms with Crippen LogP contribution in [-0.2, 0) is 33.2 Å². The third-order valence-electron chi connectivity index (χ3n) is 20.1. The van der Waals surface area contributed by atoms with E-state index in [1.54, 1.807) is 6.08 Å². The van der Waals surface area contributed by atoms with E-state index in [9.17, 15) is 61.0 Å². The average molecular weight is 1490 g/mol. The van der Waals surface area contributed by atoms with Gasteiger partial charge in [0.25, 0.3) is 0 Å². The number of aliphatic hydroxyl groups is 11. The molecular formula is C86H149NO18. The predicted octanol–water partition coefficient (Wildman–Crippen LogP) is 14.5. The Bertz CT molecular complexity index is 2320. The molecule has 3 rings (SSSR count). The summed E-state index contributed by atoms with van der Waals surface area (Å²) in [6, 6.07) is -1.01. The summed E-state index contributed by atoms with van der Waals surface area (Å²) >= 11 is 0. The van der Waals surface area contributed by atoms with Crippen LogP contribution in [0.5, 0.6) is 0 Å². The Kier molecular flexibility index (Phi) is 59.4. The summed E-state index contributed by atoms with van der Waals surface area (Å²) in [5.41, 5.74) is 0. The highest BCUT2D eigenvalue weighted by Crippen LogP contribution is 2.33. The lowest BCUT2D eigenvalue weighted by molar-refractivity contribution is -0.379. The van der Waals surface area contributed by atoms with Gasteiger partial charge in [-0.2, -0.15) is 0 Å². The standard InChI is InChI=1S/C86H149NO18/c1-3-5-7-9-11-13-15-17-19-21-23-25-27-29-31-32-33-34-35-36-38-39-41-43-45-47-49-51-53-55-57-59-61-63-70(91)69(87-74(92)64-62-60-58-56-54-52-50-48-46-44-42-40-37-30-28-26-24-22-20-18-16-14-12-10-8-6-4-2)68-100-84-80(98)77(95)82(72(66-89)102-84)105-86-81(99)78(96)83(73(67-90)103-86)104-85-79(97)76(94)75(93)71(65-88)101-85/h6,8,12,14,18,20,24,26,30,37,42,44,48,50,54,56,61,63,69-73,75-86,88-91,93-99H,3-5,7,9-11,13,15-17,19,21-23,25,27-29,31-36,38-41,43,45-47,49,51-53,55,57-60,62,64-68H2,1-2H3,(H,87,92)/b8-6-,14-12-,20-18-,26-24-,37-30-,44-42-,50-48-,56-54-,63-61+. The minimum absolute atomic E-state index is 0.181. The maximum absolute atomic E-state index is 13.5. The van der Waals surface area contributed by atoms with Gasteiger partial charge in [-0.3, -0.25) is 4.79 Å². The molecule has 0 saturated carbocycles. The first kappa shape index (κ1) is 95.7. The average Bonchev–Trinajstić information content (AvgIpc) is 0.781. The van der Waals surface area contributed by atoms with Gasteiger partial charge in [0.2, 0.25) is 5.91 Å². The number of amides is 1. The first-order valence-electron chi connectivity index (χ1n) is 41.6. The van der Waals surface area contributed by atoms with Crippen LogP contribution in [0, 0.1) is 0 Å². The molecule has 0 aromatic rings. The van der Waals surface area contributed by atoms with E-state index >= 15 is 0 Å². The van der Waals surface area contributed by atoms with Crippen LogP contribution in [0.3, 0.4) is 0 Å². The highest BCUT2D eigenvalue weighted by molar-refractivity contribution is 5.76. The van der Waals surface area contributed by atoms with Crippen molar-refractivity contribution in [3.63, 3.8) is 0 Å². The topological polar surface area (TPSA) is 307 Å². The summed E-state index contributed by atoms with van der Waals surface area (Å²) in [5, 5.41) is 121. The van der Waals surface area contributed by atoms with Crippen molar-refractivity contribution in [2.24, 2.45) is 0 Å². The highest BCUT2D eigenvalue weighted by atomic mass is 16.8. The third-order valence-corrected chi connectivity index (χ3v) is 20.1. The van der Waals surface area contributed by atoms with Crippen LogP contribution in [-0.4, -0.2) is 193 Å². The molecular weight excluding hydrogens is 1330 g/mol. The van der Waals surface area contributed by atoms with Crippen LogP contribution in [0.15, 0.2) is 109 Å². The lowest BCUT2D eigenvalue weighted by Crippen LogP contribution is -2.66. The molecule has 105 heavy (non-hydrogen) atoms. The molecule has 17 atom stereocenters. The number of rotatable bonds is 65. The van der Waals surface area contributed by atoms with E-state index in [2.05, 4.69) is 116 Å². The van der Waals surface area contributed by atoms with Crippen LogP contribution in [0.25, 0.3) is 0 Å². The SMILES string of the molecule is CC/C=C\C/C=C\C/C=C\C/C=C\C/C=C\C/C=C\C/C=C\C/C=C\CCCCC(=O)NC(COC1OC(CO)C(OC2OC(CO)C(OC3OC(CO)C(O)C(O)C3O)C(O)C2O)C(O)C1O)C(O)/C=C/CCCCCCCCCCCCCCCCCCCCCCCCCCCCCCCCC. The highest BCUT2D eigenvalue weighted by Gasteiger charge is 2.54. The molecule has 19 nitrogen and oxygen atoms in total. The summed E-state index contributed by atoms with van der Waals surface area (Å²) in [4.78, 5) is 13.5. The maximum Gasteiger partial charge on any atom is 0.220 e. The van der Waals surface area contributed by atoms with E-state index in [-0.39, 0.29) is 18.9 Å². The number of hydrogen-bond donors (Lipinski definition) is 12. The van der Waals surface area contributed by atoms with Crippen molar-refractivity contribution in [2.75, 3.05) is 26.4 Å². The summed E-state index contributed by atoms with van der Waals surface area (Å²) in [5.74, 6) is -0.319. The van der Waals surface area contributed by atoms with Crippen molar-refractivity contribution >= 4 is 5.91 Å². The molecule has 3 aliphatic rings. The predicted molar refractivity (Wildman–Crippen MR) is 420 cm³/mol. The molecule has 0 aromatic heterocycles. The van der Waals surface area contributed by atoms with Gasteiger partial charge in [-0.1, -0.05) is 316 Å². The minimum Gasteiger partial charge on any atom is -0.394 e. The van der Waals surface area contributed by atoms with Crippen LogP contribution in [0.4, 0.5) is 0 Å². The fourth-order valence-corrected chi connectivity index (χ4v) is 13.4. The molecule has 0 bridgehead atoms. The van der Waals surface area contributed by atoms with Crippen molar-refractivity contribution in [1.82, 2.24) is 5.32 Å². The molecule has 3 fully saturated rings. The second kappa shape index (κ2) is 65.2. The second-order valence-corrected chi connectivity index (χ2v) is 29.2. The number of nitrogens with one attached hydrogen (secondary N) is 1. The number of ether oxygens (including phenoxy) is 6. The molecule has 17 unspecified atom stereocenters. The van der Waals surface area contributed by atoms with Crippen LogP contribution < -0.4 is 5.32 Å². The zero-order chi connectivity index (χ0) is 76.0. The Morgan fingerprint density at radius 2 is 0.657 bits per heavy atom. The first-order valence-corrected chi connectivity index (χ1v) is 41.6. The molecule has 3 heterocycles. The molecule has 606 valence electrons. The Labute approximate surface area is 634 Å². The zero-order valence-electron chi connectivity index (χ0n) is 64.9. The Morgan fingerprint density at radius 3 is 1.03 bits per heavy atom. The van der Waals surface area contributed by atoms with Crippen LogP contribution in [0.1, 0.15) is 296 Å². The van der Waals surface area contributed by atoms with Crippen molar-refractivity contribution in [3.8, 4) is 0 Å². The Morgan fingerprint density at radius 1 is 0.352 bits per heavy atom. The van der Waals surface area contributed by atoms with Crippen LogP contribution >= 0.6 is 0 Å². The summed E-state index contributed by atoms with van der Waals surface area (Å²) in [6.07, 6.45) is 63.7. The van der Waals surface area contributed by atoms with Gasteiger partial charge in [0.15, 0.2) is 18.9 Å². The van der Waals surface area contributed by atoms with E-state index in [1.807, 2.05) is 6.08 Å². The van der Waals surface area contributed by atoms with E-state index in [1.165, 1.54) is 180 Å². The monoisotopic (exact) mass is 1480 g/mol. The maximum atomic E-state index is 13.5. The third kappa shape index (κ3) is 44.8. The largest absolute Gasteiger partial charge is 0.394 e.